The molecule has 27 heavy (non-hydrogen) atoms. The van der Waals surface area contributed by atoms with E-state index >= 15 is 0 Å². The van der Waals surface area contributed by atoms with E-state index in [1.54, 1.807) is 30.6 Å². The topological polar surface area (TPSA) is 49.9 Å². The molecule has 0 spiro atoms. The van der Waals surface area contributed by atoms with Gasteiger partial charge < -0.3 is 14.4 Å². The number of hydrogen-bond acceptors (Lipinski definition) is 4. The van der Waals surface area contributed by atoms with Crippen molar-refractivity contribution in [1.82, 2.24) is 9.97 Å². The monoisotopic (exact) mass is 401 g/mol. The first kappa shape index (κ1) is 19.0. The number of ether oxygens (including phenoxy) is 1. The molecular formula is C17H12F5N3OS. The summed E-state index contributed by atoms with van der Waals surface area (Å²) in [5.74, 6) is -2.22. The van der Waals surface area contributed by atoms with Crippen LogP contribution in [0.1, 0.15) is 5.56 Å². The summed E-state index contributed by atoms with van der Waals surface area (Å²) in [4.78, 5) is 7.76. The van der Waals surface area contributed by atoms with Crippen molar-refractivity contribution in [2.45, 2.75) is 11.1 Å². The fourth-order valence-corrected chi connectivity index (χ4v) is 2.96. The molecule has 0 amide bonds. The molecule has 2 N–H and O–H groups in total. The van der Waals surface area contributed by atoms with Gasteiger partial charge in [-0.2, -0.15) is 13.2 Å². The molecule has 0 aliphatic heterocycles. The second kappa shape index (κ2) is 7.47. The maximum absolute atomic E-state index is 13.9. The van der Waals surface area contributed by atoms with Crippen LogP contribution in [0, 0.1) is 11.6 Å². The van der Waals surface area contributed by atoms with E-state index in [1.165, 1.54) is 7.11 Å². The molecule has 3 rings (SSSR count). The van der Waals surface area contributed by atoms with Crippen LogP contribution in [-0.4, -0.2) is 17.1 Å². The zero-order chi connectivity index (χ0) is 19.6. The highest BCUT2D eigenvalue weighted by molar-refractivity contribution is 8.00. The fourth-order valence-electron chi connectivity index (χ4n) is 2.28. The number of halogens is 5. The fraction of sp³-hybridized carbons (Fsp3) is 0.118. The Bertz CT molecular complexity index is 958. The van der Waals surface area contributed by atoms with Crippen molar-refractivity contribution >= 4 is 17.6 Å². The summed E-state index contributed by atoms with van der Waals surface area (Å²) < 4.78 is 72.9. The Morgan fingerprint density at radius 2 is 1.93 bits per heavy atom. The van der Waals surface area contributed by atoms with Crippen LogP contribution in [-0.2, 0) is 6.18 Å². The van der Waals surface area contributed by atoms with E-state index in [1.807, 2.05) is 0 Å². The van der Waals surface area contributed by atoms with Gasteiger partial charge in [-0.25, -0.2) is 8.78 Å². The number of nitrogens with one attached hydrogen (secondary N) is 2. The first-order valence-corrected chi connectivity index (χ1v) is 8.28. The van der Waals surface area contributed by atoms with Gasteiger partial charge in [-0.15, -0.1) is 0 Å². The summed E-state index contributed by atoms with van der Waals surface area (Å²) >= 11 is 0.901. The summed E-state index contributed by atoms with van der Waals surface area (Å²) in [5, 5.41) is 0. The molecule has 0 aliphatic rings. The molecule has 4 nitrogen and oxygen atoms in total. The average Bonchev–Trinajstić information content (AvgIpc) is 3.10. The number of rotatable bonds is 5. The lowest BCUT2D eigenvalue weighted by Gasteiger charge is -2.11. The molecule has 0 bridgehead atoms. The van der Waals surface area contributed by atoms with Crippen LogP contribution in [0.25, 0.3) is 11.4 Å². The van der Waals surface area contributed by atoms with Gasteiger partial charge in [0, 0.05) is 23.4 Å². The van der Waals surface area contributed by atoms with E-state index < -0.39 is 29.1 Å². The summed E-state index contributed by atoms with van der Waals surface area (Å²) in [7, 11) is 1.50. The Morgan fingerprint density at radius 1 is 1.15 bits per heavy atom. The third kappa shape index (κ3) is 4.16. The zero-order valence-electron chi connectivity index (χ0n) is 13.7. The molecule has 0 unspecified atom stereocenters. The van der Waals surface area contributed by atoms with Crippen molar-refractivity contribution in [3.8, 4) is 17.1 Å². The number of alkyl halides is 3. The minimum absolute atomic E-state index is 0.125. The van der Waals surface area contributed by atoms with Gasteiger partial charge in [0.2, 0.25) is 0 Å². The van der Waals surface area contributed by atoms with Gasteiger partial charge in [-0.3, -0.25) is 4.98 Å². The standard InChI is InChI=1S/C17H12F5N3OS/c1-26-15-3-2-4-23-16(15)14-5-9(8-24-14)27-25-13-7-11(18)10(6-12(13)19)17(20,21)22/h2-8,24-25H,1H3. The van der Waals surface area contributed by atoms with E-state index in [-0.39, 0.29) is 6.07 Å². The molecule has 10 heteroatoms. The Labute approximate surface area is 154 Å². The first-order chi connectivity index (χ1) is 12.8. The van der Waals surface area contributed by atoms with Crippen LogP contribution < -0.4 is 9.46 Å². The highest BCUT2D eigenvalue weighted by atomic mass is 32.2. The molecule has 0 atom stereocenters. The summed E-state index contributed by atoms with van der Waals surface area (Å²) in [5.41, 5.74) is -0.875. The number of aromatic amines is 1. The van der Waals surface area contributed by atoms with Gasteiger partial charge in [-0.1, -0.05) is 0 Å². The van der Waals surface area contributed by atoms with Crippen LogP contribution in [0.5, 0.6) is 5.75 Å². The van der Waals surface area contributed by atoms with Gasteiger partial charge in [-0.05, 0) is 36.2 Å². The number of H-pyrrole nitrogens is 1. The average molecular weight is 401 g/mol. The van der Waals surface area contributed by atoms with E-state index in [9.17, 15) is 22.0 Å². The van der Waals surface area contributed by atoms with Crippen LogP contribution in [0.2, 0.25) is 0 Å². The van der Waals surface area contributed by atoms with Crippen LogP contribution in [0.3, 0.4) is 0 Å². The Morgan fingerprint density at radius 3 is 2.63 bits per heavy atom. The maximum atomic E-state index is 13.9. The summed E-state index contributed by atoms with van der Waals surface area (Å²) in [6.07, 6.45) is -1.79. The Hall–Kier alpha value is -2.75. The molecule has 2 aromatic heterocycles. The quantitative estimate of drug-likeness (QED) is 0.438. The predicted molar refractivity (Wildman–Crippen MR) is 91.4 cm³/mol. The molecule has 0 fully saturated rings. The SMILES string of the molecule is COc1cccnc1-c1cc(SNc2cc(F)c(C(F)(F)F)cc2F)c[nH]1. The lowest BCUT2D eigenvalue weighted by atomic mass is 10.2. The van der Waals surface area contributed by atoms with Gasteiger partial charge in [0.15, 0.2) is 0 Å². The van der Waals surface area contributed by atoms with Crippen LogP contribution in [0.15, 0.2) is 47.6 Å². The van der Waals surface area contributed by atoms with Crippen LogP contribution >= 0.6 is 11.9 Å². The van der Waals surface area contributed by atoms with E-state index in [0.29, 0.717) is 28.1 Å². The van der Waals surface area contributed by atoms with Crippen molar-refractivity contribution < 1.29 is 26.7 Å². The summed E-state index contributed by atoms with van der Waals surface area (Å²) in [6, 6.07) is 5.72. The van der Waals surface area contributed by atoms with E-state index in [0.717, 1.165) is 11.9 Å². The molecule has 0 aliphatic carbocycles. The van der Waals surface area contributed by atoms with Crippen molar-refractivity contribution in [3.05, 3.63) is 59.9 Å². The molecule has 142 valence electrons. The Balaban J connectivity index is 1.77. The second-order valence-corrected chi connectivity index (χ2v) is 6.20. The third-order valence-electron chi connectivity index (χ3n) is 3.54. The predicted octanol–water partition coefficient (Wildman–Crippen LogP) is 5.50. The smallest absolute Gasteiger partial charge is 0.419 e. The minimum Gasteiger partial charge on any atom is -0.494 e. The molecule has 1 aromatic carbocycles. The molecular weight excluding hydrogens is 389 g/mol. The highest BCUT2D eigenvalue weighted by Crippen LogP contribution is 2.35. The molecule has 3 aromatic rings. The number of nitrogens with zero attached hydrogens (tertiary/aromatic N) is 1. The normalized spacial score (nSPS) is 11.5. The number of methoxy groups -OCH3 is 1. The Kier molecular flexibility index (Phi) is 5.26. The second-order valence-electron chi connectivity index (χ2n) is 5.32. The molecule has 0 saturated carbocycles. The van der Waals surface area contributed by atoms with Crippen molar-refractivity contribution in [3.63, 3.8) is 0 Å². The molecule has 0 radical (unpaired) electrons. The molecule has 0 saturated heterocycles. The number of aromatic nitrogens is 2. The highest BCUT2D eigenvalue weighted by Gasteiger charge is 2.35. The van der Waals surface area contributed by atoms with E-state index in [4.69, 9.17) is 4.74 Å². The number of pyridine rings is 1. The van der Waals surface area contributed by atoms with Crippen molar-refractivity contribution in [1.29, 1.82) is 0 Å². The van der Waals surface area contributed by atoms with E-state index in [2.05, 4.69) is 14.7 Å². The van der Waals surface area contributed by atoms with Gasteiger partial charge in [0.25, 0.3) is 0 Å². The zero-order valence-corrected chi connectivity index (χ0v) is 14.5. The minimum atomic E-state index is -4.96. The van der Waals surface area contributed by atoms with Gasteiger partial charge >= 0.3 is 6.18 Å². The largest absolute Gasteiger partial charge is 0.494 e. The van der Waals surface area contributed by atoms with Crippen LogP contribution in [0.4, 0.5) is 27.6 Å². The lowest BCUT2D eigenvalue weighted by Crippen LogP contribution is -2.09. The van der Waals surface area contributed by atoms with Gasteiger partial charge in [0.1, 0.15) is 23.1 Å². The lowest BCUT2D eigenvalue weighted by molar-refractivity contribution is -0.140. The van der Waals surface area contributed by atoms with Crippen molar-refractivity contribution in [2.75, 3.05) is 11.8 Å². The molecule has 2 heterocycles. The van der Waals surface area contributed by atoms with Gasteiger partial charge in [0.05, 0.1) is 24.1 Å². The third-order valence-corrected chi connectivity index (χ3v) is 4.34. The number of benzene rings is 1. The van der Waals surface area contributed by atoms with Crippen molar-refractivity contribution in [2.24, 2.45) is 0 Å². The summed E-state index contributed by atoms with van der Waals surface area (Å²) in [6.45, 7) is 0. The maximum Gasteiger partial charge on any atom is 0.419 e. The number of hydrogen-bond donors (Lipinski definition) is 2. The first-order valence-electron chi connectivity index (χ1n) is 7.46. The number of anilines is 1.